The van der Waals surface area contributed by atoms with E-state index in [0.717, 1.165) is 4.31 Å². The molecule has 2 atom stereocenters. The molecule has 4 N–H and O–H groups in total. The van der Waals surface area contributed by atoms with E-state index in [9.17, 15) is 18.3 Å². The van der Waals surface area contributed by atoms with Crippen LogP contribution >= 0.6 is 0 Å². The summed E-state index contributed by atoms with van der Waals surface area (Å²) < 4.78 is 23.4. The summed E-state index contributed by atoms with van der Waals surface area (Å²) in [6.07, 6.45) is -0.0709. The fourth-order valence-electron chi connectivity index (χ4n) is 2.29. The second-order valence-electron chi connectivity index (χ2n) is 4.62. The molecule has 2 aliphatic heterocycles. The van der Waals surface area contributed by atoms with Gasteiger partial charge in [-0.1, -0.05) is 0 Å². The van der Waals surface area contributed by atoms with Crippen LogP contribution in [0.2, 0.25) is 0 Å². The van der Waals surface area contributed by atoms with E-state index in [1.165, 1.54) is 0 Å². The van der Waals surface area contributed by atoms with Gasteiger partial charge in [-0.3, -0.25) is 4.79 Å². The Morgan fingerprint density at radius 1 is 1.28 bits per heavy atom. The molecule has 0 aromatic carbocycles. The van der Waals surface area contributed by atoms with Gasteiger partial charge in [-0.2, -0.15) is 12.7 Å². The summed E-state index contributed by atoms with van der Waals surface area (Å²) in [7, 11) is -3.66. The Balaban J connectivity index is 1.88. The van der Waals surface area contributed by atoms with Crippen molar-refractivity contribution in [1.82, 2.24) is 14.5 Å². The Morgan fingerprint density at radius 2 is 1.89 bits per heavy atom. The maximum absolute atomic E-state index is 12.1. The lowest BCUT2D eigenvalue weighted by Crippen LogP contribution is -2.55. The number of amides is 1. The van der Waals surface area contributed by atoms with Crippen molar-refractivity contribution in [2.24, 2.45) is 5.14 Å². The van der Waals surface area contributed by atoms with Crippen molar-refractivity contribution in [3.63, 3.8) is 0 Å². The standard InChI is InChI=1S/C9H18N4O4S/c10-18(16,17)13-3-1-12(2-4-13)9(15)8-5-7(14)6-11-8/h7-8,11,14H,1-6H2,(H2,10,16,17). The van der Waals surface area contributed by atoms with Crippen molar-refractivity contribution in [1.29, 1.82) is 0 Å². The zero-order chi connectivity index (χ0) is 13.3. The largest absolute Gasteiger partial charge is 0.392 e. The van der Waals surface area contributed by atoms with E-state index >= 15 is 0 Å². The number of aliphatic hydroxyl groups excluding tert-OH is 1. The first-order valence-corrected chi connectivity index (χ1v) is 7.36. The number of β-amino-alcohol motifs (C(OH)–C–C–N with tert-alkyl or cyclic N) is 1. The van der Waals surface area contributed by atoms with Crippen molar-refractivity contribution in [2.75, 3.05) is 32.7 Å². The van der Waals surface area contributed by atoms with Crippen LogP contribution in [0.25, 0.3) is 0 Å². The topological polar surface area (TPSA) is 116 Å². The molecular formula is C9H18N4O4S. The fraction of sp³-hybridized carbons (Fsp3) is 0.889. The van der Waals surface area contributed by atoms with Gasteiger partial charge in [0.2, 0.25) is 5.91 Å². The fourth-order valence-corrected chi connectivity index (χ4v) is 2.96. The van der Waals surface area contributed by atoms with Crippen molar-refractivity contribution < 1.29 is 18.3 Å². The molecule has 2 heterocycles. The zero-order valence-corrected chi connectivity index (χ0v) is 10.8. The third-order valence-electron chi connectivity index (χ3n) is 3.32. The van der Waals surface area contributed by atoms with Gasteiger partial charge < -0.3 is 15.3 Å². The highest BCUT2D eigenvalue weighted by Crippen LogP contribution is 2.12. The van der Waals surface area contributed by atoms with E-state index in [-0.39, 0.29) is 25.0 Å². The molecule has 0 spiro atoms. The zero-order valence-electron chi connectivity index (χ0n) is 9.95. The number of piperazine rings is 1. The van der Waals surface area contributed by atoms with Crippen LogP contribution in [-0.2, 0) is 15.0 Å². The predicted octanol–water partition coefficient (Wildman–Crippen LogP) is -2.94. The molecule has 2 aliphatic rings. The molecule has 0 aliphatic carbocycles. The predicted molar refractivity (Wildman–Crippen MR) is 63.7 cm³/mol. The second-order valence-corrected chi connectivity index (χ2v) is 6.17. The summed E-state index contributed by atoms with van der Waals surface area (Å²) in [5.41, 5.74) is 0. The number of rotatable bonds is 2. The molecule has 0 saturated carbocycles. The summed E-state index contributed by atoms with van der Waals surface area (Å²) in [6, 6.07) is -0.360. The van der Waals surface area contributed by atoms with Crippen LogP contribution in [0.5, 0.6) is 0 Å². The van der Waals surface area contributed by atoms with E-state index in [2.05, 4.69) is 5.32 Å². The SMILES string of the molecule is NS(=O)(=O)N1CCN(C(=O)C2CC(O)CN2)CC1. The highest BCUT2D eigenvalue weighted by molar-refractivity contribution is 7.86. The minimum absolute atomic E-state index is 0.0828. The lowest BCUT2D eigenvalue weighted by atomic mass is 10.1. The maximum Gasteiger partial charge on any atom is 0.277 e. The van der Waals surface area contributed by atoms with Gasteiger partial charge in [-0.25, -0.2) is 5.14 Å². The van der Waals surface area contributed by atoms with Gasteiger partial charge in [0.05, 0.1) is 12.1 Å². The highest BCUT2D eigenvalue weighted by Gasteiger charge is 2.33. The minimum atomic E-state index is -3.66. The van der Waals surface area contributed by atoms with Crippen LogP contribution in [-0.4, -0.2) is 73.5 Å². The van der Waals surface area contributed by atoms with Crippen molar-refractivity contribution >= 4 is 16.1 Å². The molecule has 1 amide bonds. The second kappa shape index (κ2) is 5.10. The van der Waals surface area contributed by atoms with Crippen molar-refractivity contribution in [2.45, 2.75) is 18.6 Å². The molecule has 8 nitrogen and oxygen atoms in total. The van der Waals surface area contributed by atoms with E-state index in [1.807, 2.05) is 0 Å². The lowest BCUT2D eigenvalue weighted by Gasteiger charge is -2.34. The lowest BCUT2D eigenvalue weighted by molar-refractivity contribution is -0.134. The monoisotopic (exact) mass is 278 g/mol. The van der Waals surface area contributed by atoms with Gasteiger partial charge in [-0.05, 0) is 6.42 Å². The molecule has 0 bridgehead atoms. The molecular weight excluding hydrogens is 260 g/mol. The normalized spacial score (nSPS) is 30.7. The van der Waals surface area contributed by atoms with Crippen LogP contribution in [0.1, 0.15) is 6.42 Å². The van der Waals surface area contributed by atoms with E-state index in [1.54, 1.807) is 4.90 Å². The number of hydrogen-bond acceptors (Lipinski definition) is 5. The summed E-state index contributed by atoms with van der Waals surface area (Å²) in [6.45, 7) is 1.54. The number of nitrogens with zero attached hydrogens (tertiary/aromatic N) is 2. The van der Waals surface area contributed by atoms with E-state index < -0.39 is 16.3 Å². The maximum atomic E-state index is 12.1. The quantitative estimate of drug-likeness (QED) is 0.499. The van der Waals surface area contributed by atoms with Crippen LogP contribution in [0.3, 0.4) is 0 Å². The molecule has 0 aromatic heterocycles. The smallest absolute Gasteiger partial charge is 0.277 e. The summed E-state index contributed by atoms with van der Waals surface area (Å²) in [4.78, 5) is 13.7. The van der Waals surface area contributed by atoms with Gasteiger partial charge in [0.25, 0.3) is 10.2 Å². The summed E-state index contributed by atoms with van der Waals surface area (Å²) in [5.74, 6) is -0.0828. The minimum Gasteiger partial charge on any atom is -0.392 e. The number of carbonyl (C=O) groups excluding carboxylic acids is 1. The Morgan fingerprint density at radius 3 is 2.33 bits per heavy atom. The Labute approximate surface area is 106 Å². The molecule has 2 saturated heterocycles. The molecule has 2 rings (SSSR count). The van der Waals surface area contributed by atoms with Gasteiger partial charge in [0.15, 0.2) is 0 Å². The van der Waals surface area contributed by atoms with Crippen LogP contribution in [0.15, 0.2) is 0 Å². The molecule has 104 valence electrons. The third kappa shape index (κ3) is 2.98. The molecule has 0 aromatic rings. The highest BCUT2D eigenvalue weighted by atomic mass is 32.2. The molecule has 2 unspecified atom stereocenters. The Kier molecular flexibility index (Phi) is 3.87. The van der Waals surface area contributed by atoms with Crippen molar-refractivity contribution in [3.8, 4) is 0 Å². The third-order valence-corrected chi connectivity index (χ3v) is 4.40. The van der Waals surface area contributed by atoms with Gasteiger partial charge in [-0.15, -0.1) is 0 Å². The Bertz CT molecular complexity index is 418. The van der Waals surface area contributed by atoms with Crippen LogP contribution in [0, 0.1) is 0 Å². The number of carbonyl (C=O) groups is 1. The van der Waals surface area contributed by atoms with E-state index in [4.69, 9.17) is 5.14 Å². The molecule has 9 heteroatoms. The number of nitrogens with one attached hydrogen (secondary N) is 1. The first-order chi connectivity index (χ1) is 8.38. The first kappa shape index (κ1) is 13.7. The van der Waals surface area contributed by atoms with Crippen LogP contribution < -0.4 is 10.5 Å². The average molecular weight is 278 g/mol. The van der Waals surface area contributed by atoms with E-state index in [0.29, 0.717) is 26.1 Å². The number of nitrogens with two attached hydrogens (primary N) is 1. The molecule has 18 heavy (non-hydrogen) atoms. The average Bonchev–Trinajstić information content (AvgIpc) is 2.74. The van der Waals surface area contributed by atoms with Gasteiger partial charge >= 0.3 is 0 Å². The summed E-state index contributed by atoms with van der Waals surface area (Å²) in [5, 5.41) is 17.3. The number of aliphatic hydroxyl groups is 1. The van der Waals surface area contributed by atoms with Crippen molar-refractivity contribution in [3.05, 3.63) is 0 Å². The van der Waals surface area contributed by atoms with Crippen LogP contribution in [0.4, 0.5) is 0 Å². The summed E-state index contributed by atoms with van der Waals surface area (Å²) >= 11 is 0. The molecule has 2 fully saturated rings. The number of hydrogen-bond donors (Lipinski definition) is 3. The van der Waals surface area contributed by atoms with Gasteiger partial charge in [0, 0.05) is 32.7 Å². The molecule has 0 radical (unpaired) electrons. The Hall–Kier alpha value is -0.740. The first-order valence-electron chi connectivity index (χ1n) is 5.86. The van der Waals surface area contributed by atoms with Gasteiger partial charge in [0.1, 0.15) is 0 Å².